The largest absolute Gasteiger partial charge is 0.344 e. The Kier molecular flexibility index (Phi) is 4.80. The molecule has 2 aromatic heterocycles. The van der Waals surface area contributed by atoms with E-state index in [1.54, 1.807) is 0 Å². The second-order valence-electron chi connectivity index (χ2n) is 6.06. The molecule has 0 saturated heterocycles. The molecule has 2 aromatic carbocycles. The normalized spacial score (nSPS) is 10.9. The molecule has 0 aliphatic heterocycles. The van der Waals surface area contributed by atoms with E-state index in [9.17, 15) is 4.79 Å². The fraction of sp³-hybridized carbons (Fsp3) is 0.143. The topological polar surface area (TPSA) is 46.9 Å². The minimum Gasteiger partial charge on any atom is -0.344 e. The highest BCUT2D eigenvalue weighted by molar-refractivity contribution is 7.12. The van der Waals surface area contributed by atoms with Gasteiger partial charge in [0, 0.05) is 6.54 Å². The first-order valence-corrected chi connectivity index (χ1v) is 9.49. The van der Waals surface area contributed by atoms with Gasteiger partial charge in [-0.25, -0.2) is 4.98 Å². The van der Waals surface area contributed by atoms with Gasteiger partial charge in [0.1, 0.15) is 5.82 Å². The lowest BCUT2D eigenvalue weighted by molar-refractivity contribution is 0.0953. The van der Waals surface area contributed by atoms with Gasteiger partial charge in [0.05, 0.1) is 22.5 Å². The molecule has 1 amide bonds. The van der Waals surface area contributed by atoms with E-state index in [1.165, 1.54) is 16.9 Å². The first kappa shape index (κ1) is 16.5. The van der Waals surface area contributed by atoms with E-state index in [2.05, 4.69) is 40.2 Å². The highest BCUT2D eigenvalue weighted by Crippen LogP contribution is 2.17. The zero-order chi connectivity index (χ0) is 17.8. The maximum atomic E-state index is 12.2. The van der Waals surface area contributed by atoms with Crippen molar-refractivity contribution in [1.29, 1.82) is 0 Å². The van der Waals surface area contributed by atoms with Crippen LogP contribution >= 0.6 is 11.3 Å². The number of nitrogens with zero attached hydrogens (tertiary/aromatic N) is 2. The summed E-state index contributed by atoms with van der Waals surface area (Å²) in [5, 5.41) is 4.90. The van der Waals surface area contributed by atoms with Gasteiger partial charge in [-0.3, -0.25) is 4.79 Å². The maximum absolute atomic E-state index is 12.2. The number of para-hydroxylation sites is 2. The van der Waals surface area contributed by atoms with E-state index in [4.69, 9.17) is 4.98 Å². The van der Waals surface area contributed by atoms with Crippen LogP contribution in [-0.2, 0) is 19.5 Å². The lowest BCUT2D eigenvalue weighted by atomic mass is 10.1. The predicted molar refractivity (Wildman–Crippen MR) is 105 cm³/mol. The van der Waals surface area contributed by atoms with Crippen LogP contribution in [0.5, 0.6) is 0 Å². The summed E-state index contributed by atoms with van der Waals surface area (Å²) in [5.74, 6) is 0.828. The number of hydrogen-bond donors (Lipinski definition) is 1. The van der Waals surface area contributed by atoms with Gasteiger partial charge in [-0.05, 0) is 35.6 Å². The molecule has 4 aromatic rings. The van der Waals surface area contributed by atoms with Gasteiger partial charge in [-0.1, -0.05) is 48.5 Å². The average Bonchev–Trinajstić information content (AvgIpc) is 3.33. The van der Waals surface area contributed by atoms with Crippen molar-refractivity contribution < 1.29 is 4.79 Å². The highest BCUT2D eigenvalue weighted by Gasteiger charge is 2.12. The van der Waals surface area contributed by atoms with E-state index in [0.717, 1.165) is 34.7 Å². The molecule has 1 N–H and O–H groups in total. The summed E-state index contributed by atoms with van der Waals surface area (Å²) in [6, 6.07) is 22.2. The Labute approximate surface area is 156 Å². The van der Waals surface area contributed by atoms with Gasteiger partial charge in [0.15, 0.2) is 0 Å². The highest BCUT2D eigenvalue weighted by atomic mass is 32.1. The molecule has 0 spiro atoms. The number of rotatable bonds is 6. The Morgan fingerprint density at radius 3 is 2.62 bits per heavy atom. The number of amides is 1. The molecule has 0 saturated carbocycles. The fourth-order valence-corrected chi connectivity index (χ4v) is 3.69. The molecular formula is C21H19N3OS. The van der Waals surface area contributed by atoms with Gasteiger partial charge in [0.2, 0.25) is 0 Å². The lowest BCUT2D eigenvalue weighted by Gasteiger charge is -2.10. The molecule has 0 atom stereocenters. The maximum Gasteiger partial charge on any atom is 0.261 e. The molecule has 4 nitrogen and oxygen atoms in total. The Balaban J connectivity index is 1.56. The Hall–Kier alpha value is -2.92. The van der Waals surface area contributed by atoms with Crippen LogP contribution in [0.2, 0.25) is 0 Å². The number of carbonyl (C=O) groups is 1. The number of fused-ring (bicyclic) bond motifs is 1. The summed E-state index contributed by atoms with van der Waals surface area (Å²) in [7, 11) is 0. The molecule has 0 aliphatic carbocycles. The Morgan fingerprint density at radius 1 is 1.00 bits per heavy atom. The third-order valence-electron chi connectivity index (χ3n) is 4.35. The lowest BCUT2D eigenvalue weighted by Crippen LogP contribution is -2.24. The Morgan fingerprint density at radius 2 is 1.81 bits per heavy atom. The number of thiophene rings is 1. The van der Waals surface area contributed by atoms with Crippen molar-refractivity contribution in [2.75, 3.05) is 0 Å². The summed E-state index contributed by atoms with van der Waals surface area (Å²) in [6.07, 6.45) is 0.924. The molecule has 26 heavy (non-hydrogen) atoms. The SMILES string of the molecule is O=C(NCc1nc2ccccc2n1CCc1ccccc1)c1cccs1. The number of nitrogens with one attached hydrogen (secondary N) is 1. The predicted octanol–water partition coefficient (Wildman–Crippen LogP) is 4.27. The van der Waals surface area contributed by atoms with Crippen LogP contribution in [0.1, 0.15) is 21.1 Å². The number of aryl methyl sites for hydroxylation is 2. The second-order valence-corrected chi connectivity index (χ2v) is 7.01. The van der Waals surface area contributed by atoms with Crippen molar-refractivity contribution >= 4 is 28.3 Å². The second kappa shape index (κ2) is 7.54. The van der Waals surface area contributed by atoms with Crippen LogP contribution in [0, 0.1) is 0 Å². The van der Waals surface area contributed by atoms with Crippen molar-refractivity contribution in [3.05, 3.63) is 88.4 Å². The van der Waals surface area contributed by atoms with Crippen molar-refractivity contribution in [2.24, 2.45) is 0 Å². The summed E-state index contributed by atoms with van der Waals surface area (Å²) in [5.41, 5.74) is 3.35. The van der Waals surface area contributed by atoms with Gasteiger partial charge in [-0.15, -0.1) is 11.3 Å². The van der Waals surface area contributed by atoms with E-state index < -0.39 is 0 Å². The van der Waals surface area contributed by atoms with Crippen molar-refractivity contribution in [3.8, 4) is 0 Å². The van der Waals surface area contributed by atoms with Crippen LogP contribution in [0.3, 0.4) is 0 Å². The summed E-state index contributed by atoms with van der Waals surface area (Å²) in [6.45, 7) is 1.24. The van der Waals surface area contributed by atoms with E-state index in [1.807, 2.05) is 41.8 Å². The standard InChI is InChI=1S/C21H19N3OS/c25-21(19-11-6-14-26-19)22-15-20-23-17-9-4-5-10-18(17)24(20)13-12-16-7-2-1-3-8-16/h1-11,14H,12-13,15H2,(H,22,25). The molecule has 4 rings (SSSR count). The third-order valence-corrected chi connectivity index (χ3v) is 5.22. The zero-order valence-electron chi connectivity index (χ0n) is 14.3. The number of imidazole rings is 1. The quantitative estimate of drug-likeness (QED) is 0.557. The average molecular weight is 361 g/mol. The van der Waals surface area contributed by atoms with Crippen molar-refractivity contribution in [1.82, 2.24) is 14.9 Å². The van der Waals surface area contributed by atoms with E-state index in [-0.39, 0.29) is 5.91 Å². The minimum atomic E-state index is -0.0540. The summed E-state index contributed by atoms with van der Waals surface area (Å²) in [4.78, 5) is 17.7. The van der Waals surface area contributed by atoms with Crippen molar-refractivity contribution in [2.45, 2.75) is 19.5 Å². The number of benzene rings is 2. The number of carbonyl (C=O) groups excluding carboxylic acids is 1. The van der Waals surface area contributed by atoms with Crippen LogP contribution < -0.4 is 5.32 Å². The van der Waals surface area contributed by atoms with Crippen LogP contribution in [0.4, 0.5) is 0 Å². The van der Waals surface area contributed by atoms with Crippen LogP contribution in [0.15, 0.2) is 72.1 Å². The van der Waals surface area contributed by atoms with E-state index >= 15 is 0 Å². The van der Waals surface area contributed by atoms with Gasteiger partial charge < -0.3 is 9.88 Å². The molecule has 0 bridgehead atoms. The molecule has 0 fully saturated rings. The molecule has 5 heteroatoms. The molecule has 130 valence electrons. The third kappa shape index (κ3) is 3.53. The van der Waals surface area contributed by atoms with Gasteiger partial charge in [-0.2, -0.15) is 0 Å². The first-order chi connectivity index (χ1) is 12.8. The van der Waals surface area contributed by atoms with Crippen molar-refractivity contribution in [3.63, 3.8) is 0 Å². The summed E-state index contributed by atoms with van der Waals surface area (Å²) < 4.78 is 2.21. The van der Waals surface area contributed by atoms with Gasteiger partial charge >= 0.3 is 0 Å². The smallest absolute Gasteiger partial charge is 0.261 e. The van der Waals surface area contributed by atoms with Gasteiger partial charge in [0.25, 0.3) is 5.91 Å². The first-order valence-electron chi connectivity index (χ1n) is 8.61. The zero-order valence-corrected chi connectivity index (χ0v) is 15.1. The fourth-order valence-electron chi connectivity index (χ4n) is 3.05. The summed E-state index contributed by atoms with van der Waals surface area (Å²) >= 11 is 1.44. The molecule has 0 unspecified atom stereocenters. The minimum absolute atomic E-state index is 0.0540. The monoisotopic (exact) mass is 361 g/mol. The number of hydrogen-bond acceptors (Lipinski definition) is 3. The molecule has 2 heterocycles. The Bertz CT molecular complexity index is 1010. The van der Waals surface area contributed by atoms with Crippen LogP contribution in [0.25, 0.3) is 11.0 Å². The molecular weight excluding hydrogens is 342 g/mol. The van der Waals surface area contributed by atoms with E-state index in [0.29, 0.717) is 6.54 Å². The number of aromatic nitrogens is 2. The molecule has 0 aliphatic rings. The van der Waals surface area contributed by atoms with Crippen LogP contribution in [-0.4, -0.2) is 15.5 Å². The molecule has 0 radical (unpaired) electrons.